The number of carbonyl (C=O) groups is 1. The number of amides is 1. The Morgan fingerprint density at radius 1 is 1.18 bits per heavy atom. The van der Waals surface area contributed by atoms with E-state index >= 15 is 0 Å². The first-order valence-corrected chi connectivity index (χ1v) is 10.1. The van der Waals surface area contributed by atoms with Gasteiger partial charge < -0.3 is 20.1 Å². The molecule has 0 unspecified atom stereocenters. The zero-order valence-electron chi connectivity index (χ0n) is 15.0. The average Bonchev–Trinajstić information content (AvgIpc) is 3.40. The Morgan fingerprint density at radius 3 is 2.46 bits per heavy atom. The Kier molecular flexibility index (Phi) is 5.18. The van der Waals surface area contributed by atoms with Gasteiger partial charge in [-0.2, -0.15) is 0 Å². The molecule has 1 fully saturated rings. The van der Waals surface area contributed by atoms with E-state index in [9.17, 15) is 4.79 Å². The van der Waals surface area contributed by atoms with Crippen LogP contribution in [-0.4, -0.2) is 36.1 Å². The van der Waals surface area contributed by atoms with Gasteiger partial charge in [-0.1, -0.05) is 23.2 Å². The molecular weight excluding hydrogens is 423 g/mol. The molecule has 28 heavy (non-hydrogen) atoms. The lowest BCUT2D eigenvalue weighted by Crippen LogP contribution is -2.13. The van der Waals surface area contributed by atoms with Gasteiger partial charge in [0.05, 0.1) is 35.7 Å². The van der Waals surface area contributed by atoms with Crippen LogP contribution in [-0.2, 0) is 0 Å². The van der Waals surface area contributed by atoms with Gasteiger partial charge in [0.15, 0.2) is 0 Å². The van der Waals surface area contributed by atoms with E-state index in [1.165, 1.54) is 31.9 Å². The third-order valence-electron chi connectivity index (χ3n) is 4.33. The maximum absolute atomic E-state index is 13.0. The highest BCUT2D eigenvalue weighted by molar-refractivity contribution is 7.18. The number of nitrogens with zero attached hydrogens (tertiary/aromatic N) is 2. The van der Waals surface area contributed by atoms with Gasteiger partial charge >= 0.3 is 0 Å². The van der Waals surface area contributed by atoms with Crippen LogP contribution >= 0.6 is 34.5 Å². The maximum Gasteiger partial charge on any atom is 0.258 e. The summed E-state index contributed by atoms with van der Waals surface area (Å²) in [6.45, 7) is 0. The molecule has 0 saturated heterocycles. The number of methoxy groups -OCH3 is 2. The summed E-state index contributed by atoms with van der Waals surface area (Å²) in [6.07, 6.45) is 3.70. The minimum Gasteiger partial charge on any atom is -0.495 e. The summed E-state index contributed by atoms with van der Waals surface area (Å²) in [5, 5.41) is 8.24. The maximum atomic E-state index is 13.0. The second-order valence-corrected chi connectivity index (χ2v) is 7.84. The molecule has 2 heterocycles. The van der Waals surface area contributed by atoms with Crippen molar-refractivity contribution in [3.05, 3.63) is 33.4 Å². The van der Waals surface area contributed by atoms with Crippen molar-refractivity contribution in [2.45, 2.75) is 18.9 Å². The number of benzene rings is 1. The Morgan fingerprint density at radius 2 is 1.86 bits per heavy atom. The van der Waals surface area contributed by atoms with E-state index in [2.05, 4.69) is 20.6 Å². The molecule has 2 aromatic heterocycles. The number of ether oxygens (including phenoxy) is 2. The SMILES string of the molecule is COc1cc(OC)c(Cl)c(NC(=O)c2csc3c(NC4CC4)ncnc23)c1Cl. The van der Waals surface area contributed by atoms with E-state index in [-0.39, 0.29) is 21.6 Å². The molecule has 10 heteroatoms. The van der Waals surface area contributed by atoms with Crippen LogP contribution < -0.4 is 20.1 Å². The molecule has 3 aromatic rings. The fourth-order valence-electron chi connectivity index (χ4n) is 2.71. The minimum absolute atomic E-state index is 0.187. The number of aromatic nitrogens is 2. The summed E-state index contributed by atoms with van der Waals surface area (Å²) in [4.78, 5) is 21.5. The average molecular weight is 439 g/mol. The van der Waals surface area contributed by atoms with Gasteiger partial charge in [-0.15, -0.1) is 11.3 Å². The third kappa shape index (κ3) is 3.43. The largest absolute Gasteiger partial charge is 0.495 e. The van der Waals surface area contributed by atoms with Gasteiger partial charge in [0.2, 0.25) is 0 Å². The van der Waals surface area contributed by atoms with E-state index in [1.807, 2.05) is 0 Å². The summed E-state index contributed by atoms with van der Waals surface area (Å²) in [7, 11) is 2.94. The van der Waals surface area contributed by atoms with Gasteiger partial charge in [0.1, 0.15) is 33.7 Å². The van der Waals surface area contributed by atoms with E-state index in [1.54, 1.807) is 11.4 Å². The van der Waals surface area contributed by atoms with Crippen molar-refractivity contribution in [3.63, 3.8) is 0 Å². The summed E-state index contributed by atoms with van der Waals surface area (Å²) in [6, 6.07) is 2.00. The van der Waals surface area contributed by atoms with Crippen molar-refractivity contribution in [3.8, 4) is 11.5 Å². The van der Waals surface area contributed by atoms with Crippen LogP contribution in [0.3, 0.4) is 0 Å². The molecular formula is C18H16Cl2N4O3S. The first kappa shape index (κ1) is 19.0. The monoisotopic (exact) mass is 438 g/mol. The predicted molar refractivity (Wildman–Crippen MR) is 112 cm³/mol. The smallest absolute Gasteiger partial charge is 0.258 e. The molecule has 1 aliphatic carbocycles. The second kappa shape index (κ2) is 7.62. The Labute approximate surface area is 175 Å². The van der Waals surface area contributed by atoms with Crippen LogP contribution in [0.15, 0.2) is 17.8 Å². The molecule has 1 aliphatic rings. The van der Waals surface area contributed by atoms with Crippen molar-refractivity contribution in [2.75, 3.05) is 24.9 Å². The third-order valence-corrected chi connectivity index (χ3v) is 6.06. The molecule has 1 aromatic carbocycles. The van der Waals surface area contributed by atoms with Gasteiger partial charge in [-0.05, 0) is 12.8 Å². The molecule has 0 aliphatic heterocycles. The highest BCUT2D eigenvalue weighted by Gasteiger charge is 2.25. The van der Waals surface area contributed by atoms with Crippen molar-refractivity contribution in [1.82, 2.24) is 9.97 Å². The standard InChI is InChI=1S/C18H16Cl2N4O3S/c1-26-10-5-11(27-2)13(20)15(12(10)19)24-18(25)9-6-28-16-14(9)21-7-22-17(16)23-8-3-4-8/h5-8H,3-4H2,1-2H3,(H,24,25)(H,21,22,23). The van der Waals surface area contributed by atoms with Crippen molar-refractivity contribution >= 4 is 62.2 Å². The zero-order chi connectivity index (χ0) is 19.8. The summed E-state index contributed by atoms with van der Waals surface area (Å²) < 4.78 is 11.3. The highest BCUT2D eigenvalue weighted by Crippen LogP contribution is 2.44. The van der Waals surface area contributed by atoms with Crippen LogP contribution in [0.2, 0.25) is 10.0 Å². The number of halogens is 2. The van der Waals surface area contributed by atoms with Gasteiger partial charge in [0.25, 0.3) is 5.91 Å². The van der Waals surface area contributed by atoms with Crippen molar-refractivity contribution < 1.29 is 14.3 Å². The van der Waals surface area contributed by atoms with Gasteiger partial charge in [-0.3, -0.25) is 4.79 Å². The quantitative estimate of drug-likeness (QED) is 0.572. The molecule has 1 saturated carbocycles. The molecule has 1 amide bonds. The van der Waals surface area contributed by atoms with Crippen LogP contribution in [0.25, 0.3) is 10.2 Å². The van der Waals surface area contributed by atoms with E-state index in [4.69, 9.17) is 32.7 Å². The van der Waals surface area contributed by atoms with Crippen molar-refractivity contribution in [1.29, 1.82) is 0 Å². The number of rotatable bonds is 6. The van der Waals surface area contributed by atoms with Gasteiger partial charge in [0, 0.05) is 17.5 Å². The predicted octanol–water partition coefficient (Wildman–Crippen LogP) is 4.84. The number of nitrogens with one attached hydrogen (secondary N) is 2. The van der Waals surface area contributed by atoms with Crippen LogP contribution in [0, 0.1) is 0 Å². The number of carbonyl (C=O) groups excluding carboxylic acids is 1. The minimum atomic E-state index is -0.388. The number of anilines is 2. The summed E-state index contributed by atoms with van der Waals surface area (Å²) in [5.74, 6) is 1.04. The van der Waals surface area contributed by atoms with Crippen LogP contribution in [0.5, 0.6) is 11.5 Å². The van der Waals surface area contributed by atoms with E-state index in [0.717, 1.165) is 23.4 Å². The number of fused-ring (bicyclic) bond motifs is 1. The molecule has 2 N–H and O–H groups in total. The van der Waals surface area contributed by atoms with Crippen LogP contribution in [0.1, 0.15) is 23.2 Å². The molecule has 7 nitrogen and oxygen atoms in total. The number of hydrogen-bond acceptors (Lipinski definition) is 7. The number of hydrogen-bond donors (Lipinski definition) is 2. The molecule has 0 bridgehead atoms. The Hall–Kier alpha value is -2.29. The second-order valence-electron chi connectivity index (χ2n) is 6.21. The Bertz CT molecular complexity index is 1040. The molecule has 0 radical (unpaired) electrons. The van der Waals surface area contributed by atoms with E-state index in [0.29, 0.717) is 28.6 Å². The fraction of sp³-hybridized carbons (Fsp3) is 0.278. The van der Waals surface area contributed by atoms with E-state index < -0.39 is 0 Å². The first-order chi connectivity index (χ1) is 13.5. The summed E-state index contributed by atoms with van der Waals surface area (Å²) in [5.41, 5.74) is 1.20. The van der Waals surface area contributed by atoms with Gasteiger partial charge in [-0.25, -0.2) is 9.97 Å². The molecule has 146 valence electrons. The topological polar surface area (TPSA) is 85.4 Å². The van der Waals surface area contributed by atoms with Crippen LogP contribution in [0.4, 0.5) is 11.5 Å². The Balaban J connectivity index is 1.70. The fourth-order valence-corrected chi connectivity index (χ4v) is 4.26. The molecule has 0 atom stereocenters. The lowest BCUT2D eigenvalue weighted by Gasteiger charge is -2.15. The summed E-state index contributed by atoms with van der Waals surface area (Å²) >= 11 is 14.1. The zero-order valence-corrected chi connectivity index (χ0v) is 17.3. The lowest BCUT2D eigenvalue weighted by atomic mass is 10.2. The lowest BCUT2D eigenvalue weighted by molar-refractivity contribution is 0.102. The molecule has 4 rings (SSSR count). The highest BCUT2D eigenvalue weighted by atomic mass is 35.5. The number of thiophene rings is 1. The van der Waals surface area contributed by atoms with Crippen molar-refractivity contribution in [2.24, 2.45) is 0 Å². The molecule has 0 spiro atoms. The first-order valence-electron chi connectivity index (χ1n) is 8.43. The normalized spacial score (nSPS) is 13.4.